The van der Waals surface area contributed by atoms with Gasteiger partial charge in [-0.1, -0.05) is 24.3 Å². The van der Waals surface area contributed by atoms with Crippen LogP contribution in [-0.4, -0.2) is 79.5 Å². The van der Waals surface area contributed by atoms with Crippen molar-refractivity contribution in [3.05, 3.63) is 116 Å². The van der Waals surface area contributed by atoms with Gasteiger partial charge in [0.15, 0.2) is 0 Å². The van der Waals surface area contributed by atoms with Crippen LogP contribution >= 0.6 is 11.3 Å². The Hall–Kier alpha value is -4.98. The van der Waals surface area contributed by atoms with E-state index in [4.69, 9.17) is 9.47 Å². The predicted molar refractivity (Wildman–Crippen MR) is 217 cm³/mol. The summed E-state index contributed by atoms with van der Waals surface area (Å²) in [6.07, 6.45) is 4.87. The van der Waals surface area contributed by atoms with Crippen molar-refractivity contribution in [2.24, 2.45) is 0 Å². The summed E-state index contributed by atoms with van der Waals surface area (Å²) in [7, 11) is 2.71. The van der Waals surface area contributed by atoms with Crippen LogP contribution in [0.15, 0.2) is 60.7 Å². The fourth-order valence-electron chi connectivity index (χ4n) is 7.73. The molecule has 2 N–H and O–H groups in total. The second-order valence-electron chi connectivity index (χ2n) is 15.3. The van der Waals surface area contributed by atoms with E-state index in [1.165, 1.54) is 25.6 Å². The fourth-order valence-corrected chi connectivity index (χ4v) is 9.01. The minimum absolute atomic E-state index is 0.0214. The Bertz CT molecular complexity index is 2090. The molecule has 0 unspecified atom stereocenters. The van der Waals surface area contributed by atoms with E-state index in [1.54, 1.807) is 30.3 Å². The zero-order valence-corrected chi connectivity index (χ0v) is 33.8. The standard InChI is InChI=1S/C44H50F2N4O6S/c1-44(2)27-49(20-8-13-38(51)55-3)21-22-50(44)26-29-9-7-10-31(23-29)40(52)48-42-39(34-11-5-6-12-37(34)57-42)41(53)47-32-24-35(45)33(36(46)25-32)19-16-28-14-17-30(18-15-28)43(54)56-4/h7,9-10,14-15,17-18,23-25H,5-6,8,11-13,16,19-22,26-27H2,1-4H3,(H,47,53)(H,48,52). The number of methoxy groups -OCH3 is 2. The number of amides is 2. The normalized spacial score (nSPS) is 15.4. The van der Waals surface area contributed by atoms with Crippen LogP contribution in [0.1, 0.15) is 97.7 Å². The van der Waals surface area contributed by atoms with Crippen LogP contribution in [0.2, 0.25) is 0 Å². The Labute approximate surface area is 336 Å². The molecule has 0 spiro atoms. The second kappa shape index (κ2) is 18.5. The minimum Gasteiger partial charge on any atom is -0.469 e. The first kappa shape index (κ1) is 41.6. The number of thiophene rings is 1. The van der Waals surface area contributed by atoms with Crippen LogP contribution in [-0.2, 0) is 46.5 Å². The number of nitrogens with zero attached hydrogens (tertiary/aromatic N) is 2. The Morgan fingerprint density at radius 1 is 0.825 bits per heavy atom. The summed E-state index contributed by atoms with van der Waals surface area (Å²) in [6, 6.07) is 16.4. The van der Waals surface area contributed by atoms with Crippen LogP contribution < -0.4 is 10.6 Å². The van der Waals surface area contributed by atoms with E-state index in [9.17, 15) is 19.2 Å². The average molecular weight is 801 g/mol. The lowest BCUT2D eigenvalue weighted by Gasteiger charge is -2.47. The Balaban J connectivity index is 1.11. The molecule has 1 fully saturated rings. The van der Waals surface area contributed by atoms with Gasteiger partial charge < -0.3 is 25.0 Å². The lowest BCUT2D eigenvalue weighted by molar-refractivity contribution is -0.140. The third-order valence-electron chi connectivity index (χ3n) is 10.9. The number of esters is 2. The summed E-state index contributed by atoms with van der Waals surface area (Å²) in [5.41, 5.74) is 3.55. The maximum absolute atomic E-state index is 15.3. The number of carbonyl (C=O) groups excluding carboxylic acids is 4. The van der Waals surface area contributed by atoms with Gasteiger partial charge in [-0.05, 0) is 118 Å². The number of hydrogen-bond donors (Lipinski definition) is 2. The maximum atomic E-state index is 15.3. The van der Waals surface area contributed by atoms with E-state index >= 15 is 8.78 Å². The van der Waals surface area contributed by atoms with Gasteiger partial charge in [0.2, 0.25) is 0 Å². The summed E-state index contributed by atoms with van der Waals surface area (Å²) in [6.45, 7) is 8.45. The van der Waals surface area contributed by atoms with Crippen LogP contribution in [0.5, 0.6) is 0 Å². The topological polar surface area (TPSA) is 117 Å². The van der Waals surface area contributed by atoms with Gasteiger partial charge in [0.25, 0.3) is 11.8 Å². The number of rotatable bonds is 14. The first-order chi connectivity index (χ1) is 27.3. The van der Waals surface area contributed by atoms with Gasteiger partial charge in [-0.2, -0.15) is 0 Å². The highest BCUT2D eigenvalue weighted by molar-refractivity contribution is 7.17. The molecule has 0 bridgehead atoms. The summed E-state index contributed by atoms with van der Waals surface area (Å²) < 4.78 is 40.1. The molecule has 1 aliphatic carbocycles. The van der Waals surface area contributed by atoms with Crippen molar-refractivity contribution in [3.63, 3.8) is 0 Å². The molecule has 1 saturated heterocycles. The van der Waals surface area contributed by atoms with Gasteiger partial charge in [0.1, 0.15) is 16.6 Å². The van der Waals surface area contributed by atoms with Crippen LogP contribution in [0.4, 0.5) is 19.5 Å². The van der Waals surface area contributed by atoms with E-state index in [0.29, 0.717) is 47.5 Å². The number of ether oxygens (including phenoxy) is 2. The van der Waals surface area contributed by atoms with Crippen molar-refractivity contribution < 1.29 is 37.4 Å². The number of fused-ring (bicyclic) bond motifs is 1. The third-order valence-corrected chi connectivity index (χ3v) is 12.1. The molecule has 13 heteroatoms. The zero-order valence-electron chi connectivity index (χ0n) is 33.0. The van der Waals surface area contributed by atoms with E-state index in [1.807, 2.05) is 18.2 Å². The molecule has 302 valence electrons. The van der Waals surface area contributed by atoms with Crippen molar-refractivity contribution in [3.8, 4) is 0 Å². The maximum Gasteiger partial charge on any atom is 0.337 e. The van der Waals surface area contributed by atoms with Gasteiger partial charge in [0.05, 0.1) is 25.3 Å². The molecule has 10 nitrogen and oxygen atoms in total. The Morgan fingerprint density at radius 2 is 1.56 bits per heavy atom. The molecule has 3 aromatic carbocycles. The zero-order chi connectivity index (χ0) is 40.7. The quantitative estimate of drug-likeness (QED) is 0.124. The largest absolute Gasteiger partial charge is 0.469 e. The molecule has 0 radical (unpaired) electrons. The number of hydrogen-bond acceptors (Lipinski definition) is 9. The van der Waals surface area contributed by atoms with E-state index in [2.05, 4.69) is 34.3 Å². The molecule has 1 aliphatic heterocycles. The summed E-state index contributed by atoms with van der Waals surface area (Å²) in [5.74, 6) is -3.10. The van der Waals surface area contributed by atoms with Crippen molar-refractivity contribution in [1.82, 2.24) is 9.80 Å². The van der Waals surface area contributed by atoms with Crippen molar-refractivity contribution in [1.29, 1.82) is 0 Å². The number of carbonyl (C=O) groups is 4. The SMILES string of the molecule is COC(=O)CCCN1CCN(Cc2cccc(C(=O)Nc3sc4c(c3C(=O)Nc3cc(F)c(CCc5ccc(C(=O)OC)cc5)c(F)c3)CCCC4)c2)C(C)(C)C1. The lowest BCUT2D eigenvalue weighted by Crippen LogP contribution is -2.58. The van der Waals surface area contributed by atoms with Crippen LogP contribution in [0, 0.1) is 11.6 Å². The van der Waals surface area contributed by atoms with Gasteiger partial charge >= 0.3 is 11.9 Å². The molecule has 6 rings (SSSR count). The number of halogens is 2. The van der Waals surface area contributed by atoms with Gasteiger partial charge in [-0.15, -0.1) is 11.3 Å². The third kappa shape index (κ3) is 10.3. The smallest absolute Gasteiger partial charge is 0.337 e. The average Bonchev–Trinajstić information content (AvgIpc) is 3.56. The second-order valence-corrected chi connectivity index (χ2v) is 16.4. The Morgan fingerprint density at radius 3 is 2.26 bits per heavy atom. The summed E-state index contributed by atoms with van der Waals surface area (Å²) in [4.78, 5) is 56.8. The first-order valence-electron chi connectivity index (χ1n) is 19.4. The molecule has 1 aromatic heterocycles. The highest BCUT2D eigenvalue weighted by atomic mass is 32.1. The van der Waals surface area contributed by atoms with Crippen LogP contribution in [0.25, 0.3) is 0 Å². The van der Waals surface area contributed by atoms with Crippen molar-refractivity contribution in [2.75, 3.05) is 51.0 Å². The molecule has 57 heavy (non-hydrogen) atoms. The molecule has 2 heterocycles. The van der Waals surface area contributed by atoms with Gasteiger partial charge in [-0.3, -0.25) is 19.3 Å². The monoisotopic (exact) mass is 800 g/mol. The highest BCUT2D eigenvalue weighted by Gasteiger charge is 2.34. The number of benzene rings is 3. The number of anilines is 2. The molecular formula is C44H50F2N4O6S. The van der Waals surface area contributed by atoms with Crippen molar-refractivity contribution in [2.45, 2.75) is 77.3 Å². The predicted octanol–water partition coefficient (Wildman–Crippen LogP) is 7.83. The number of aryl methyl sites for hydroxylation is 2. The molecular weight excluding hydrogens is 751 g/mol. The van der Waals surface area contributed by atoms with Crippen molar-refractivity contribution >= 4 is 45.8 Å². The summed E-state index contributed by atoms with van der Waals surface area (Å²) in [5, 5.41) is 6.12. The highest BCUT2D eigenvalue weighted by Crippen LogP contribution is 2.39. The van der Waals surface area contributed by atoms with Crippen LogP contribution in [0.3, 0.4) is 0 Å². The fraction of sp³-hybridized carbons (Fsp3) is 0.409. The molecule has 0 saturated carbocycles. The molecule has 2 amide bonds. The lowest BCUT2D eigenvalue weighted by atomic mass is 9.95. The number of piperazine rings is 1. The molecule has 0 atom stereocenters. The van der Waals surface area contributed by atoms with Gasteiger partial charge in [0, 0.05) is 59.8 Å². The van der Waals surface area contributed by atoms with E-state index in [0.717, 1.165) is 85.6 Å². The molecule has 2 aliphatic rings. The Kier molecular flexibility index (Phi) is 13.5. The van der Waals surface area contributed by atoms with E-state index in [-0.39, 0.29) is 35.1 Å². The van der Waals surface area contributed by atoms with Gasteiger partial charge in [-0.25, -0.2) is 13.6 Å². The summed E-state index contributed by atoms with van der Waals surface area (Å²) >= 11 is 1.38. The van der Waals surface area contributed by atoms with E-state index < -0.39 is 23.5 Å². The molecule has 4 aromatic rings. The minimum atomic E-state index is -0.779. The number of nitrogens with one attached hydrogen (secondary N) is 2. The first-order valence-corrected chi connectivity index (χ1v) is 20.2.